The fraction of sp³-hybridized carbons (Fsp3) is 0.500. The summed E-state index contributed by atoms with van der Waals surface area (Å²) < 4.78 is 29.7. The van der Waals surface area contributed by atoms with Crippen LogP contribution in [0.5, 0.6) is 0 Å². The van der Waals surface area contributed by atoms with E-state index in [9.17, 15) is 13.6 Å². The largest absolute Gasteiger partial charge is 0.462 e. The first kappa shape index (κ1) is 13.9. The summed E-state index contributed by atoms with van der Waals surface area (Å²) in [6.45, 7) is 1.33. The van der Waals surface area contributed by atoms with Crippen molar-refractivity contribution in [1.82, 2.24) is 4.90 Å². The Morgan fingerprint density at radius 2 is 2.11 bits per heavy atom. The third-order valence-corrected chi connectivity index (χ3v) is 3.23. The van der Waals surface area contributed by atoms with E-state index in [1.54, 1.807) is 29.2 Å². The van der Waals surface area contributed by atoms with E-state index in [-0.39, 0.29) is 18.4 Å². The minimum absolute atomic E-state index is 0.159. The molecule has 0 saturated carbocycles. The molecule has 0 spiro atoms. The first-order valence-corrected chi connectivity index (χ1v) is 6.38. The second kappa shape index (κ2) is 6.61. The summed E-state index contributed by atoms with van der Waals surface area (Å²) in [4.78, 5) is 13.4. The van der Waals surface area contributed by atoms with Crippen LogP contribution >= 0.6 is 0 Å². The summed E-state index contributed by atoms with van der Waals surface area (Å²) in [6, 6.07) is 8.77. The Kier molecular flexibility index (Phi) is 4.85. The summed E-state index contributed by atoms with van der Waals surface area (Å²) >= 11 is 0. The third kappa shape index (κ3) is 4.28. The molecule has 0 amide bonds. The summed E-state index contributed by atoms with van der Waals surface area (Å²) in [6.07, 6.45) is -1.50. The fourth-order valence-electron chi connectivity index (χ4n) is 2.26. The topological polar surface area (TPSA) is 29.5 Å². The molecule has 0 radical (unpaired) electrons. The number of hydrogen-bond donors (Lipinski definition) is 0. The highest BCUT2D eigenvalue weighted by Crippen LogP contribution is 2.18. The second-order valence-electron chi connectivity index (χ2n) is 4.77. The number of carbonyl (C=O) groups is 1. The highest BCUT2D eigenvalue weighted by Gasteiger charge is 2.25. The van der Waals surface area contributed by atoms with Gasteiger partial charge in [0.05, 0.1) is 18.7 Å². The average molecular weight is 269 g/mol. The molecule has 1 aromatic carbocycles. The molecule has 1 aliphatic heterocycles. The van der Waals surface area contributed by atoms with Crippen LogP contribution in [0.1, 0.15) is 16.8 Å². The van der Waals surface area contributed by atoms with Gasteiger partial charge in [-0.15, -0.1) is 0 Å². The van der Waals surface area contributed by atoms with E-state index in [0.29, 0.717) is 25.3 Å². The van der Waals surface area contributed by atoms with E-state index < -0.39 is 6.43 Å². The number of hydrogen-bond acceptors (Lipinski definition) is 3. The smallest absolute Gasteiger partial charge is 0.338 e. The maximum absolute atomic E-state index is 12.2. The first-order valence-electron chi connectivity index (χ1n) is 6.38. The van der Waals surface area contributed by atoms with Crippen molar-refractivity contribution in [2.75, 3.05) is 26.2 Å². The SMILES string of the molecule is O=C(OCC1CCN(CC(F)F)C1)c1ccccc1. The molecule has 1 heterocycles. The van der Waals surface area contributed by atoms with Crippen molar-refractivity contribution in [2.45, 2.75) is 12.8 Å². The monoisotopic (exact) mass is 269 g/mol. The van der Waals surface area contributed by atoms with Crippen molar-refractivity contribution >= 4 is 5.97 Å². The van der Waals surface area contributed by atoms with Crippen LogP contribution in [0.15, 0.2) is 30.3 Å². The van der Waals surface area contributed by atoms with Crippen LogP contribution in [-0.2, 0) is 4.74 Å². The molecule has 1 fully saturated rings. The first-order chi connectivity index (χ1) is 9.15. The van der Waals surface area contributed by atoms with Gasteiger partial charge in [0.25, 0.3) is 6.43 Å². The number of ether oxygens (including phenoxy) is 1. The number of esters is 1. The fourth-order valence-corrected chi connectivity index (χ4v) is 2.26. The zero-order chi connectivity index (χ0) is 13.7. The number of likely N-dealkylation sites (tertiary alicyclic amines) is 1. The molecular formula is C14H17F2NO2. The van der Waals surface area contributed by atoms with Gasteiger partial charge in [0.2, 0.25) is 0 Å². The van der Waals surface area contributed by atoms with Crippen molar-refractivity contribution < 1.29 is 18.3 Å². The van der Waals surface area contributed by atoms with Crippen LogP contribution in [0.3, 0.4) is 0 Å². The van der Waals surface area contributed by atoms with Crippen LogP contribution in [-0.4, -0.2) is 43.5 Å². The average Bonchev–Trinajstić information content (AvgIpc) is 2.84. The van der Waals surface area contributed by atoms with Crippen LogP contribution in [0.25, 0.3) is 0 Å². The molecule has 2 rings (SSSR count). The van der Waals surface area contributed by atoms with Crippen molar-refractivity contribution in [1.29, 1.82) is 0 Å². The van der Waals surface area contributed by atoms with Crippen LogP contribution < -0.4 is 0 Å². The minimum atomic E-state index is -2.30. The lowest BCUT2D eigenvalue weighted by molar-refractivity contribution is 0.0433. The molecule has 1 saturated heterocycles. The predicted octanol–water partition coefficient (Wildman–Crippen LogP) is 2.43. The highest BCUT2D eigenvalue weighted by molar-refractivity contribution is 5.89. The lowest BCUT2D eigenvalue weighted by Gasteiger charge is -2.15. The maximum Gasteiger partial charge on any atom is 0.338 e. The van der Waals surface area contributed by atoms with Gasteiger partial charge in [0.15, 0.2) is 0 Å². The number of carbonyl (C=O) groups excluding carboxylic acids is 1. The molecular weight excluding hydrogens is 252 g/mol. The van der Waals surface area contributed by atoms with E-state index in [2.05, 4.69) is 0 Å². The van der Waals surface area contributed by atoms with Gasteiger partial charge in [-0.3, -0.25) is 4.90 Å². The normalized spacial score (nSPS) is 19.8. The summed E-state index contributed by atoms with van der Waals surface area (Å²) in [5, 5.41) is 0. The maximum atomic E-state index is 12.2. The summed E-state index contributed by atoms with van der Waals surface area (Å²) in [5.41, 5.74) is 0.518. The van der Waals surface area contributed by atoms with Crippen LogP contribution in [0.2, 0.25) is 0 Å². The predicted molar refractivity (Wildman–Crippen MR) is 67.3 cm³/mol. The molecule has 0 N–H and O–H groups in total. The molecule has 1 unspecified atom stereocenters. The molecule has 104 valence electrons. The molecule has 1 atom stereocenters. The number of halogens is 2. The molecule has 0 aliphatic carbocycles. The van der Waals surface area contributed by atoms with E-state index in [1.165, 1.54) is 0 Å². The Morgan fingerprint density at radius 3 is 2.79 bits per heavy atom. The van der Waals surface area contributed by atoms with Gasteiger partial charge in [0, 0.05) is 12.5 Å². The molecule has 3 nitrogen and oxygen atoms in total. The van der Waals surface area contributed by atoms with E-state index in [0.717, 1.165) is 6.42 Å². The van der Waals surface area contributed by atoms with Crippen molar-refractivity contribution in [3.63, 3.8) is 0 Å². The number of nitrogens with zero attached hydrogens (tertiary/aromatic N) is 1. The number of rotatable bonds is 5. The quantitative estimate of drug-likeness (QED) is 0.769. The lowest BCUT2D eigenvalue weighted by Crippen LogP contribution is -2.27. The summed E-state index contributed by atoms with van der Waals surface area (Å²) in [7, 11) is 0. The second-order valence-corrected chi connectivity index (χ2v) is 4.77. The standard InChI is InChI=1S/C14H17F2NO2/c15-13(16)9-17-7-6-11(8-17)10-19-14(18)12-4-2-1-3-5-12/h1-5,11,13H,6-10H2. The van der Waals surface area contributed by atoms with E-state index >= 15 is 0 Å². The van der Waals surface area contributed by atoms with Gasteiger partial charge in [0.1, 0.15) is 0 Å². The lowest BCUT2D eigenvalue weighted by atomic mass is 10.1. The van der Waals surface area contributed by atoms with Crippen molar-refractivity contribution in [3.05, 3.63) is 35.9 Å². The Labute approximate surface area is 111 Å². The van der Waals surface area contributed by atoms with E-state index in [4.69, 9.17) is 4.74 Å². The highest BCUT2D eigenvalue weighted by atomic mass is 19.3. The van der Waals surface area contributed by atoms with Gasteiger partial charge in [-0.25, -0.2) is 13.6 Å². The van der Waals surface area contributed by atoms with Crippen molar-refractivity contribution in [3.8, 4) is 0 Å². The Balaban J connectivity index is 1.73. The van der Waals surface area contributed by atoms with Gasteiger partial charge >= 0.3 is 5.97 Å². The molecule has 5 heteroatoms. The van der Waals surface area contributed by atoms with E-state index in [1.807, 2.05) is 6.07 Å². The molecule has 0 bridgehead atoms. The Bertz CT molecular complexity index is 411. The van der Waals surface area contributed by atoms with Gasteiger partial charge in [-0.2, -0.15) is 0 Å². The number of benzene rings is 1. The van der Waals surface area contributed by atoms with Gasteiger partial charge in [-0.1, -0.05) is 18.2 Å². The molecule has 1 aliphatic rings. The van der Waals surface area contributed by atoms with Crippen LogP contribution in [0.4, 0.5) is 8.78 Å². The van der Waals surface area contributed by atoms with Gasteiger partial charge in [-0.05, 0) is 25.1 Å². The van der Waals surface area contributed by atoms with Crippen molar-refractivity contribution in [2.24, 2.45) is 5.92 Å². The third-order valence-electron chi connectivity index (χ3n) is 3.23. The zero-order valence-corrected chi connectivity index (χ0v) is 10.6. The zero-order valence-electron chi connectivity index (χ0n) is 10.6. The van der Waals surface area contributed by atoms with Crippen LogP contribution in [0, 0.1) is 5.92 Å². The molecule has 1 aromatic rings. The van der Waals surface area contributed by atoms with Gasteiger partial charge < -0.3 is 4.74 Å². The number of alkyl halides is 2. The minimum Gasteiger partial charge on any atom is -0.462 e. The molecule has 0 aromatic heterocycles. The molecule has 19 heavy (non-hydrogen) atoms. The Hall–Kier alpha value is -1.49. The Morgan fingerprint density at radius 1 is 1.37 bits per heavy atom. The summed E-state index contributed by atoms with van der Waals surface area (Å²) in [5.74, 6) is -0.195.